The first-order valence-electron chi connectivity index (χ1n) is 5.79. The highest BCUT2D eigenvalue weighted by molar-refractivity contribution is 5.09. The molecule has 0 radical (unpaired) electrons. The van der Waals surface area contributed by atoms with E-state index in [0.717, 1.165) is 12.8 Å². The van der Waals surface area contributed by atoms with Crippen molar-refractivity contribution < 1.29 is 5.11 Å². The summed E-state index contributed by atoms with van der Waals surface area (Å²) in [5.74, 6) is 0.662. The summed E-state index contributed by atoms with van der Waals surface area (Å²) >= 11 is 0. The van der Waals surface area contributed by atoms with Crippen LogP contribution in [-0.2, 0) is 0 Å². The van der Waals surface area contributed by atoms with Gasteiger partial charge in [0.1, 0.15) is 0 Å². The zero-order chi connectivity index (χ0) is 10.8. The van der Waals surface area contributed by atoms with Crippen LogP contribution in [0.15, 0.2) is 11.6 Å². The third kappa shape index (κ3) is 2.84. The molecule has 1 heteroatoms. The van der Waals surface area contributed by atoms with Gasteiger partial charge >= 0.3 is 0 Å². The Morgan fingerprint density at radius 3 is 2.79 bits per heavy atom. The molecule has 1 N–H and O–H groups in total. The molecule has 0 saturated heterocycles. The maximum Gasteiger partial charge on any atom is 0.0512 e. The quantitative estimate of drug-likeness (QED) is 0.685. The lowest BCUT2D eigenvalue weighted by Crippen LogP contribution is -2.28. The van der Waals surface area contributed by atoms with E-state index in [4.69, 9.17) is 0 Å². The van der Waals surface area contributed by atoms with E-state index in [2.05, 4.69) is 26.8 Å². The Balaban J connectivity index is 2.57. The zero-order valence-corrected chi connectivity index (χ0v) is 10.0. The molecule has 0 heterocycles. The molecule has 0 aliphatic heterocycles. The van der Waals surface area contributed by atoms with Crippen molar-refractivity contribution in [3.8, 4) is 0 Å². The van der Waals surface area contributed by atoms with Crippen LogP contribution in [0.3, 0.4) is 0 Å². The fourth-order valence-corrected chi connectivity index (χ4v) is 2.31. The highest BCUT2D eigenvalue weighted by atomic mass is 16.3. The molecular formula is C13H24O. The highest BCUT2D eigenvalue weighted by Gasteiger charge is 2.32. The minimum absolute atomic E-state index is 0.147. The first-order valence-corrected chi connectivity index (χ1v) is 5.79. The topological polar surface area (TPSA) is 20.2 Å². The van der Waals surface area contributed by atoms with E-state index < -0.39 is 0 Å². The summed E-state index contributed by atoms with van der Waals surface area (Å²) in [5, 5.41) is 9.32. The van der Waals surface area contributed by atoms with E-state index in [9.17, 15) is 5.11 Å². The normalized spacial score (nSPS) is 35.2. The minimum atomic E-state index is -0.147. The monoisotopic (exact) mass is 196 g/mol. The van der Waals surface area contributed by atoms with Gasteiger partial charge in [-0.25, -0.2) is 0 Å². The fourth-order valence-electron chi connectivity index (χ4n) is 2.31. The van der Waals surface area contributed by atoms with E-state index in [-0.39, 0.29) is 6.10 Å². The molecule has 1 aliphatic rings. The van der Waals surface area contributed by atoms with E-state index in [1.165, 1.54) is 18.4 Å². The molecule has 14 heavy (non-hydrogen) atoms. The van der Waals surface area contributed by atoms with Gasteiger partial charge in [0.2, 0.25) is 0 Å². The summed E-state index contributed by atoms with van der Waals surface area (Å²) < 4.78 is 0. The van der Waals surface area contributed by atoms with Crippen molar-refractivity contribution in [1.82, 2.24) is 0 Å². The number of hydrogen-bond donors (Lipinski definition) is 1. The Morgan fingerprint density at radius 2 is 2.29 bits per heavy atom. The number of aliphatic hydroxyl groups is 1. The van der Waals surface area contributed by atoms with Gasteiger partial charge in [-0.05, 0) is 50.9 Å². The molecule has 0 aromatic rings. The Bertz CT molecular complexity index is 217. The van der Waals surface area contributed by atoms with Gasteiger partial charge < -0.3 is 5.11 Å². The van der Waals surface area contributed by atoms with Crippen LogP contribution in [0.2, 0.25) is 0 Å². The molecule has 0 amide bonds. The fraction of sp³-hybridized carbons (Fsp3) is 0.846. The second kappa shape index (κ2) is 4.48. The molecule has 0 spiro atoms. The molecule has 1 nitrogen and oxygen atoms in total. The van der Waals surface area contributed by atoms with Crippen molar-refractivity contribution in [2.24, 2.45) is 11.3 Å². The second-order valence-corrected chi connectivity index (χ2v) is 5.34. The Labute approximate surface area is 88.2 Å². The van der Waals surface area contributed by atoms with Crippen molar-refractivity contribution in [2.45, 2.75) is 59.5 Å². The van der Waals surface area contributed by atoms with Gasteiger partial charge in [-0.3, -0.25) is 0 Å². The lowest BCUT2D eigenvalue weighted by atomic mass is 9.67. The van der Waals surface area contributed by atoms with Gasteiger partial charge in [0.15, 0.2) is 0 Å². The number of hydrogen-bond acceptors (Lipinski definition) is 1. The lowest BCUT2D eigenvalue weighted by molar-refractivity contribution is 0.125. The largest absolute Gasteiger partial charge is 0.393 e. The van der Waals surface area contributed by atoms with Crippen molar-refractivity contribution in [3.63, 3.8) is 0 Å². The minimum Gasteiger partial charge on any atom is -0.393 e. The molecular weight excluding hydrogens is 172 g/mol. The van der Waals surface area contributed by atoms with Crippen LogP contribution in [0.25, 0.3) is 0 Å². The van der Waals surface area contributed by atoms with E-state index in [1.54, 1.807) is 0 Å². The Morgan fingerprint density at radius 1 is 1.64 bits per heavy atom. The van der Waals surface area contributed by atoms with Crippen molar-refractivity contribution >= 4 is 0 Å². The van der Waals surface area contributed by atoms with Crippen LogP contribution in [0.1, 0.15) is 53.4 Å². The standard InChI is InChI=1S/C13H24O/c1-10-5-7-13(4,11(2)9-10)8-6-12(3)14/h9,11-12,14H,5-8H2,1-4H3/t11-,12+,13+/m1/s1. The van der Waals surface area contributed by atoms with Gasteiger partial charge in [0.05, 0.1) is 6.10 Å². The molecule has 0 saturated carbocycles. The van der Waals surface area contributed by atoms with Crippen molar-refractivity contribution in [3.05, 3.63) is 11.6 Å². The van der Waals surface area contributed by atoms with Crippen LogP contribution in [-0.4, -0.2) is 11.2 Å². The summed E-state index contributed by atoms with van der Waals surface area (Å²) in [5.41, 5.74) is 1.95. The summed E-state index contributed by atoms with van der Waals surface area (Å²) in [7, 11) is 0. The number of aliphatic hydroxyl groups excluding tert-OH is 1. The molecule has 82 valence electrons. The lowest BCUT2D eigenvalue weighted by Gasteiger charge is -2.38. The molecule has 0 fully saturated rings. The van der Waals surface area contributed by atoms with E-state index in [0.29, 0.717) is 11.3 Å². The van der Waals surface area contributed by atoms with Gasteiger partial charge in [0.25, 0.3) is 0 Å². The average molecular weight is 196 g/mol. The number of allylic oxidation sites excluding steroid dienone is 2. The number of rotatable bonds is 3. The van der Waals surface area contributed by atoms with Crippen LogP contribution >= 0.6 is 0 Å². The van der Waals surface area contributed by atoms with Gasteiger partial charge in [-0.1, -0.05) is 25.5 Å². The predicted octanol–water partition coefficient (Wildman–Crippen LogP) is 3.53. The third-order valence-electron chi connectivity index (χ3n) is 3.86. The SMILES string of the molecule is CC1=C[C@@H](C)[C@](C)(CC[C@H](C)O)CC1. The summed E-state index contributed by atoms with van der Waals surface area (Å²) in [6.45, 7) is 8.79. The Kier molecular flexibility index (Phi) is 3.77. The van der Waals surface area contributed by atoms with E-state index >= 15 is 0 Å². The smallest absolute Gasteiger partial charge is 0.0512 e. The molecule has 1 rings (SSSR count). The first-order chi connectivity index (χ1) is 6.44. The summed E-state index contributed by atoms with van der Waals surface area (Å²) in [6.07, 6.45) is 6.87. The molecule has 1 aliphatic carbocycles. The van der Waals surface area contributed by atoms with Crippen LogP contribution in [0, 0.1) is 11.3 Å². The van der Waals surface area contributed by atoms with Gasteiger partial charge in [-0.2, -0.15) is 0 Å². The zero-order valence-electron chi connectivity index (χ0n) is 10.0. The van der Waals surface area contributed by atoms with E-state index in [1.807, 2.05) is 6.92 Å². The molecule has 0 aromatic heterocycles. The predicted molar refractivity (Wildman–Crippen MR) is 61.2 cm³/mol. The first kappa shape index (κ1) is 11.8. The van der Waals surface area contributed by atoms with Crippen LogP contribution < -0.4 is 0 Å². The average Bonchev–Trinajstić information content (AvgIpc) is 2.09. The highest BCUT2D eigenvalue weighted by Crippen LogP contribution is 2.43. The third-order valence-corrected chi connectivity index (χ3v) is 3.86. The summed E-state index contributed by atoms with van der Waals surface area (Å²) in [6, 6.07) is 0. The van der Waals surface area contributed by atoms with Gasteiger partial charge in [-0.15, -0.1) is 0 Å². The maximum atomic E-state index is 9.32. The molecule has 3 atom stereocenters. The summed E-state index contributed by atoms with van der Waals surface area (Å²) in [4.78, 5) is 0. The molecule has 0 aromatic carbocycles. The molecule has 0 unspecified atom stereocenters. The second-order valence-electron chi connectivity index (χ2n) is 5.34. The van der Waals surface area contributed by atoms with Crippen molar-refractivity contribution in [1.29, 1.82) is 0 Å². The van der Waals surface area contributed by atoms with Gasteiger partial charge in [0, 0.05) is 0 Å². The van der Waals surface area contributed by atoms with Crippen molar-refractivity contribution in [2.75, 3.05) is 0 Å². The van der Waals surface area contributed by atoms with Crippen LogP contribution in [0.5, 0.6) is 0 Å². The van der Waals surface area contributed by atoms with Crippen LogP contribution in [0.4, 0.5) is 0 Å². The maximum absolute atomic E-state index is 9.32. The Hall–Kier alpha value is -0.300. The molecule has 0 bridgehead atoms.